The Bertz CT molecular complexity index is 962. The Morgan fingerprint density at radius 3 is 2.61 bits per heavy atom. The number of imidazole rings is 1. The molecule has 0 aliphatic carbocycles. The zero-order valence-corrected chi connectivity index (χ0v) is 16.0. The fraction of sp³-hybridized carbons (Fsp3) is 0.143. The van der Waals surface area contributed by atoms with Gasteiger partial charge in [0.2, 0.25) is 5.89 Å². The predicted molar refractivity (Wildman–Crippen MR) is 113 cm³/mol. The first kappa shape index (κ1) is 21.2. The number of rotatable bonds is 7. The molecule has 2 aromatic heterocycles. The van der Waals surface area contributed by atoms with Gasteiger partial charge in [-0.1, -0.05) is 24.3 Å². The molecule has 0 radical (unpaired) electrons. The summed E-state index contributed by atoms with van der Waals surface area (Å²) in [6.45, 7) is 1.58. The monoisotopic (exact) mass is 399 g/mol. The number of ether oxygens (including phenoxy) is 1. The molecule has 6 nitrogen and oxygen atoms in total. The van der Waals surface area contributed by atoms with Crippen LogP contribution < -0.4 is 4.74 Å². The Balaban J connectivity index is 0.00000140. The summed E-state index contributed by atoms with van der Waals surface area (Å²) in [5.41, 5.74) is 2.73. The first-order chi connectivity index (χ1) is 12.9. The molecule has 146 valence electrons. The van der Waals surface area contributed by atoms with Crippen molar-refractivity contribution < 1.29 is 14.6 Å². The van der Waals surface area contributed by atoms with Crippen molar-refractivity contribution in [3.8, 4) is 5.75 Å². The van der Waals surface area contributed by atoms with Crippen molar-refractivity contribution >= 4 is 35.7 Å². The van der Waals surface area contributed by atoms with E-state index in [-0.39, 0.29) is 17.9 Å². The van der Waals surface area contributed by atoms with Crippen molar-refractivity contribution in [3.63, 3.8) is 0 Å². The molecule has 0 aliphatic rings. The SMILES string of the molecule is C(=C\c1nc2ccccc2o1)/c1ccc(OCCCn2ccnc2)cc1.Cl.O. The van der Waals surface area contributed by atoms with Crippen LogP contribution in [0.3, 0.4) is 0 Å². The summed E-state index contributed by atoms with van der Waals surface area (Å²) < 4.78 is 13.5. The van der Waals surface area contributed by atoms with Gasteiger partial charge in [-0.05, 0) is 42.3 Å². The molecule has 4 aromatic rings. The van der Waals surface area contributed by atoms with Crippen LogP contribution >= 0.6 is 12.4 Å². The molecule has 0 aliphatic heterocycles. The topological polar surface area (TPSA) is 84.6 Å². The predicted octanol–water partition coefficient (Wildman–Crippen LogP) is 4.26. The molecule has 0 spiro atoms. The average Bonchev–Trinajstić information content (AvgIpc) is 3.33. The van der Waals surface area contributed by atoms with Gasteiger partial charge in [-0.15, -0.1) is 12.4 Å². The normalized spacial score (nSPS) is 10.6. The van der Waals surface area contributed by atoms with E-state index >= 15 is 0 Å². The molecule has 2 aromatic carbocycles. The molecule has 7 heteroatoms. The van der Waals surface area contributed by atoms with Crippen molar-refractivity contribution in [3.05, 3.63) is 78.7 Å². The minimum absolute atomic E-state index is 0. The van der Waals surface area contributed by atoms with Crippen molar-refractivity contribution in [2.45, 2.75) is 13.0 Å². The van der Waals surface area contributed by atoms with Crippen molar-refractivity contribution in [1.29, 1.82) is 0 Å². The first-order valence-corrected chi connectivity index (χ1v) is 8.59. The second-order valence-corrected chi connectivity index (χ2v) is 5.92. The quantitative estimate of drug-likeness (QED) is 0.434. The first-order valence-electron chi connectivity index (χ1n) is 8.59. The standard InChI is InChI=1S/C21H19N3O2.ClH.H2O/c1-2-5-20-19(4-1)23-21(26-20)11-8-17-6-9-18(10-7-17)25-15-3-13-24-14-12-22-16-24;;/h1-2,4-12,14,16H,3,13,15H2;1H;1H2/b11-8+;;. The number of fused-ring (bicyclic) bond motifs is 1. The maximum Gasteiger partial charge on any atom is 0.220 e. The van der Waals surface area contributed by atoms with E-state index < -0.39 is 0 Å². The van der Waals surface area contributed by atoms with Gasteiger partial charge in [0.25, 0.3) is 0 Å². The Hall–Kier alpha value is -3.09. The van der Waals surface area contributed by atoms with E-state index in [1.807, 2.05) is 77.8 Å². The number of halogens is 1. The molecule has 0 atom stereocenters. The lowest BCUT2D eigenvalue weighted by Gasteiger charge is -2.06. The van der Waals surface area contributed by atoms with E-state index in [0.29, 0.717) is 12.5 Å². The minimum Gasteiger partial charge on any atom is -0.494 e. The van der Waals surface area contributed by atoms with Gasteiger partial charge >= 0.3 is 0 Å². The van der Waals surface area contributed by atoms with E-state index in [1.165, 1.54) is 0 Å². The van der Waals surface area contributed by atoms with Gasteiger partial charge in [0.1, 0.15) is 11.3 Å². The fourth-order valence-electron chi connectivity index (χ4n) is 2.66. The number of hydrogen-bond donors (Lipinski definition) is 0. The van der Waals surface area contributed by atoms with E-state index in [9.17, 15) is 0 Å². The highest BCUT2D eigenvalue weighted by Crippen LogP contribution is 2.18. The molecular formula is C21H22ClN3O3. The second kappa shape index (κ2) is 10.3. The summed E-state index contributed by atoms with van der Waals surface area (Å²) >= 11 is 0. The van der Waals surface area contributed by atoms with E-state index in [2.05, 4.69) is 9.97 Å². The van der Waals surface area contributed by atoms with Crippen molar-refractivity contribution in [2.24, 2.45) is 0 Å². The summed E-state index contributed by atoms with van der Waals surface area (Å²) in [7, 11) is 0. The Labute approximate surface area is 169 Å². The number of aromatic nitrogens is 3. The van der Waals surface area contributed by atoms with Gasteiger partial charge in [0.05, 0.1) is 12.9 Å². The molecule has 0 bridgehead atoms. The molecule has 0 amide bonds. The lowest BCUT2D eigenvalue weighted by atomic mass is 10.2. The number of nitrogens with zero attached hydrogens (tertiary/aromatic N) is 3. The Kier molecular flexibility index (Phi) is 7.80. The Morgan fingerprint density at radius 1 is 1.04 bits per heavy atom. The summed E-state index contributed by atoms with van der Waals surface area (Å²) in [6, 6.07) is 15.7. The zero-order chi connectivity index (χ0) is 17.6. The lowest BCUT2D eigenvalue weighted by molar-refractivity contribution is 0.302. The largest absolute Gasteiger partial charge is 0.494 e. The highest BCUT2D eigenvalue weighted by Gasteiger charge is 2.01. The van der Waals surface area contributed by atoms with Gasteiger partial charge < -0.3 is 19.2 Å². The summed E-state index contributed by atoms with van der Waals surface area (Å²) in [5, 5.41) is 0. The van der Waals surface area contributed by atoms with Crippen LogP contribution in [0.5, 0.6) is 5.75 Å². The fourth-order valence-corrected chi connectivity index (χ4v) is 2.66. The number of hydrogen-bond acceptors (Lipinski definition) is 4. The minimum atomic E-state index is 0. The van der Waals surface area contributed by atoms with Gasteiger partial charge in [0, 0.05) is 25.0 Å². The van der Waals surface area contributed by atoms with Crippen molar-refractivity contribution in [2.75, 3.05) is 6.61 Å². The molecular weight excluding hydrogens is 378 g/mol. The van der Waals surface area contributed by atoms with Crippen LogP contribution in [0.15, 0.2) is 71.7 Å². The Morgan fingerprint density at radius 2 is 1.86 bits per heavy atom. The number of para-hydroxylation sites is 2. The van der Waals surface area contributed by atoms with Crippen LogP contribution in [0.2, 0.25) is 0 Å². The number of aryl methyl sites for hydroxylation is 1. The molecule has 0 saturated carbocycles. The molecule has 0 unspecified atom stereocenters. The van der Waals surface area contributed by atoms with Gasteiger partial charge in [-0.2, -0.15) is 0 Å². The molecule has 4 rings (SSSR count). The van der Waals surface area contributed by atoms with Crippen LogP contribution in [0.1, 0.15) is 17.9 Å². The molecule has 2 N–H and O–H groups in total. The smallest absolute Gasteiger partial charge is 0.220 e. The van der Waals surface area contributed by atoms with Crippen LogP contribution in [0.25, 0.3) is 23.3 Å². The van der Waals surface area contributed by atoms with Gasteiger partial charge in [-0.3, -0.25) is 0 Å². The van der Waals surface area contributed by atoms with E-state index in [0.717, 1.165) is 35.4 Å². The lowest BCUT2D eigenvalue weighted by Crippen LogP contribution is -2.02. The highest BCUT2D eigenvalue weighted by molar-refractivity contribution is 5.85. The van der Waals surface area contributed by atoms with Crippen LogP contribution in [0.4, 0.5) is 0 Å². The summed E-state index contributed by atoms with van der Waals surface area (Å²) in [6.07, 6.45) is 10.4. The van der Waals surface area contributed by atoms with Crippen LogP contribution in [-0.2, 0) is 6.54 Å². The van der Waals surface area contributed by atoms with Crippen LogP contribution in [0, 0.1) is 0 Å². The maximum atomic E-state index is 5.77. The summed E-state index contributed by atoms with van der Waals surface area (Å²) in [5.74, 6) is 1.47. The van der Waals surface area contributed by atoms with Crippen LogP contribution in [-0.4, -0.2) is 26.6 Å². The van der Waals surface area contributed by atoms with Gasteiger partial charge in [-0.25, -0.2) is 9.97 Å². The summed E-state index contributed by atoms with van der Waals surface area (Å²) in [4.78, 5) is 8.46. The average molecular weight is 400 g/mol. The van der Waals surface area contributed by atoms with E-state index in [4.69, 9.17) is 9.15 Å². The molecule has 0 fully saturated rings. The number of benzene rings is 2. The second-order valence-electron chi connectivity index (χ2n) is 5.92. The molecule has 0 saturated heterocycles. The third-order valence-corrected chi connectivity index (χ3v) is 4.00. The molecule has 2 heterocycles. The third-order valence-electron chi connectivity index (χ3n) is 4.00. The van der Waals surface area contributed by atoms with E-state index in [1.54, 1.807) is 6.20 Å². The van der Waals surface area contributed by atoms with Gasteiger partial charge in [0.15, 0.2) is 5.58 Å². The van der Waals surface area contributed by atoms with Crippen molar-refractivity contribution in [1.82, 2.24) is 14.5 Å². The maximum absolute atomic E-state index is 5.77. The molecule has 28 heavy (non-hydrogen) atoms. The third kappa shape index (κ3) is 5.45. The zero-order valence-electron chi connectivity index (χ0n) is 15.2. The number of oxazole rings is 1. The highest BCUT2D eigenvalue weighted by atomic mass is 35.5.